The van der Waals surface area contributed by atoms with Crippen molar-refractivity contribution >= 4 is 17.7 Å². The second-order valence-corrected chi connectivity index (χ2v) is 5.99. The molecule has 0 saturated heterocycles. The monoisotopic (exact) mass is 366 g/mol. The largest absolute Gasteiger partial charge is 0.417 e. The van der Waals surface area contributed by atoms with Crippen LogP contribution in [0.3, 0.4) is 0 Å². The van der Waals surface area contributed by atoms with Gasteiger partial charge in [0.05, 0.1) is 16.9 Å². The summed E-state index contributed by atoms with van der Waals surface area (Å²) in [5.74, 6) is -0.530. The number of alkyl halides is 3. The highest BCUT2D eigenvalue weighted by atomic mass is 32.2. The summed E-state index contributed by atoms with van der Waals surface area (Å²) in [5.41, 5.74) is -0.680. The van der Waals surface area contributed by atoms with Gasteiger partial charge in [0, 0.05) is 24.6 Å². The van der Waals surface area contributed by atoms with E-state index >= 15 is 0 Å². The Hall–Kier alpha value is -2.60. The van der Waals surface area contributed by atoms with Crippen LogP contribution in [-0.2, 0) is 17.5 Å². The third-order valence-corrected chi connectivity index (χ3v) is 4.06. The molecule has 1 amide bonds. The number of hydrogen-bond donors (Lipinski definition) is 1. The highest BCUT2D eigenvalue weighted by molar-refractivity contribution is 8.00. The van der Waals surface area contributed by atoms with Gasteiger partial charge in [-0.15, -0.1) is 0 Å². The van der Waals surface area contributed by atoms with E-state index in [9.17, 15) is 18.0 Å². The van der Waals surface area contributed by atoms with Crippen molar-refractivity contribution in [3.05, 3.63) is 53.0 Å². The molecule has 130 valence electrons. The van der Waals surface area contributed by atoms with E-state index in [-0.39, 0.29) is 28.9 Å². The van der Waals surface area contributed by atoms with Crippen LogP contribution in [0.2, 0.25) is 0 Å². The van der Waals surface area contributed by atoms with Crippen LogP contribution in [0.15, 0.2) is 35.6 Å². The molecular formula is C16H13F3N4OS. The van der Waals surface area contributed by atoms with Crippen molar-refractivity contribution in [3.63, 3.8) is 0 Å². The van der Waals surface area contributed by atoms with Crippen molar-refractivity contribution in [2.24, 2.45) is 0 Å². The Morgan fingerprint density at radius 2 is 2.20 bits per heavy atom. The molecule has 0 atom stereocenters. The maximum absolute atomic E-state index is 13.0. The molecule has 0 radical (unpaired) electrons. The van der Waals surface area contributed by atoms with Gasteiger partial charge in [-0.05, 0) is 24.6 Å². The number of nitrogens with one attached hydrogen (secondary N) is 1. The van der Waals surface area contributed by atoms with Crippen LogP contribution in [0.5, 0.6) is 0 Å². The molecule has 1 N–H and O–H groups in total. The average Bonchev–Trinajstić information content (AvgIpc) is 2.57. The molecule has 0 saturated carbocycles. The van der Waals surface area contributed by atoms with E-state index < -0.39 is 17.3 Å². The fraction of sp³-hybridized carbons (Fsp3) is 0.250. The van der Waals surface area contributed by atoms with Crippen LogP contribution in [0.4, 0.5) is 13.2 Å². The van der Waals surface area contributed by atoms with Gasteiger partial charge < -0.3 is 5.32 Å². The highest BCUT2D eigenvalue weighted by Gasteiger charge is 2.35. The molecule has 0 aliphatic rings. The molecule has 5 nitrogen and oxygen atoms in total. The van der Waals surface area contributed by atoms with Crippen LogP contribution in [0.25, 0.3) is 0 Å². The quantitative estimate of drug-likeness (QED) is 0.823. The number of hydrogen-bond acceptors (Lipinski definition) is 5. The summed E-state index contributed by atoms with van der Waals surface area (Å²) in [6.45, 7) is 1.66. The van der Waals surface area contributed by atoms with E-state index in [2.05, 4.69) is 15.3 Å². The van der Waals surface area contributed by atoms with E-state index in [1.807, 2.05) is 0 Å². The Morgan fingerprint density at radius 3 is 2.80 bits per heavy atom. The fourth-order valence-electron chi connectivity index (χ4n) is 1.97. The van der Waals surface area contributed by atoms with Crippen molar-refractivity contribution < 1.29 is 18.0 Å². The minimum absolute atomic E-state index is 0.105. The normalized spacial score (nSPS) is 11.0. The van der Waals surface area contributed by atoms with E-state index in [1.165, 1.54) is 13.0 Å². The molecular weight excluding hydrogens is 353 g/mol. The topological polar surface area (TPSA) is 78.7 Å². The number of amides is 1. The molecule has 2 aromatic heterocycles. The Kier molecular flexibility index (Phi) is 5.98. The number of carbonyl (C=O) groups is 1. The lowest BCUT2D eigenvalue weighted by atomic mass is 10.1. The van der Waals surface area contributed by atoms with Crippen molar-refractivity contribution in [2.45, 2.75) is 24.7 Å². The van der Waals surface area contributed by atoms with E-state index in [1.54, 1.807) is 24.5 Å². The first-order chi connectivity index (χ1) is 11.8. The molecule has 2 heterocycles. The lowest BCUT2D eigenvalue weighted by Crippen LogP contribution is -2.24. The van der Waals surface area contributed by atoms with Gasteiger partial charge in [0.15, 0.2) is 0 Å². The van der Waals surface area contributed by atoms with Crippen LogP contribution in [-0.4, -0.2) is 21.6 Å². The number of rotatable bonds is 5. The van der Waals surface area contributed by atoms with Gasteiger partial charge in [0.1, 0.15) is 11.1 Å². The lowest BCUT2D eigenvalue weighted by Gasteiger charge is -2.12. The molecule has 2 aromatic rings. The molecule has 2 rings (SSSR count). The standard InChI is InChI=1S/C16H13F3N4OS/c1-10-5-13(16(17,18)19)12(6-20)15(23-10)25-9-14(24)22-8-11-3-2-4-21-7-11/h2-5,7H,8-9H2,1H3,(H,22,24). The molecule has 0 aliphatic carbocycles. The van der Waals surface area contributed by atoms with Gasteiger partial charge in [-0.25, -0.2) is 4.98 Å². The molecule has 25 heavy (non-hydrogen) atoms. The third kappa shape index (κ3) is 5.19. The number of aromatic nitrogens is 2. The Morgan fingerprint density at radius 1 is 1.44 bits per heavy atom. The predicted octanol–water partition coefficient (Wildman–Crippen LogP) is 3.08. The number of aryl methyl sites for hydroxylation is 1. The van der Waals surface area contributed by atoms with Crippen molar-refractivity contribution in [2.75, 3.05) is 5.75 Å². The van der Waals surface area contributed by atoms with Gasteiger partial charge >= 0.3 is 6.18 Å². The highest BCUT2D eigenvalue weighted by Crippen LogP contribution is 2.35. The summed E-state index contributed by atoms with van der Waals surface area (Å²) >= 11 is 0.798. The van der Waals surface area contributed by atoms with E-state index in [4.69, 9.17) is 5.26 Å². The molecule has 0 spiro atoms. The summed E-state index contributed by atoms with van der Waals surface area (Å²) in [4.78, 5) is 19.7. The molecule has 0 bridgehead atoms. The fourth-order valence-corrected chi connectivity index (χ4v) is 2.85. The smallest absolute Gasteiger partial charge is 0.351 e. The molecule has 9 heteroatoms. The molecule has 0 aromatic carbocycles. The first-order valence-corrected chi connectivity index (χ1v) is 8.07. The summed E-state index contributed by atoms with van der Waals surface area (Å²) in [5, 5.41) is 11.6. The zero-order chi connectivity index (χ0) is 18.4. The summed E-state index contributed by atoms with van der Waals surface area (Å²) < 4.78 is 39.1. The van der Waals surface area contributed by atoms with Crippen LogP contribution in [0, 0.1) is 18.3 Å². The van der Waals surface area contributed by atoms with E-state index in [0.29, 0.717) is 0 Å². The third-order valence-electron chi connectivity index (χ3n) is 3.08. The van der Waals surface area contributed by atoms with Gasteiger partial charge in [-0.3, -0.25) is 9.78 Å². The second-order valence-electron chi connectivity index (χ2n) is 5.03. The maximum atomic E-state index is 13.0. The van der Waals surface area contributed by atoms with Crippen LogP contribution < -0.4 is 5.32 Å². The SMILES string of the molecule is Cc1cc(C(F)(F)F)c(C#N)c(SCC(=O)NCc2cccnc2)n1. The predicted molar refractivity (Wildman–Crippen MR) is 85.5 cm³/mol. The Labute approximate surface area is 146 Å². The van der Waals surface area contributed by atoms with Crippen molar-refractivity contribution in [1.29, 1.82) is 5.26 Å². The second kappa shape index (κ2) is 7.98. The average molecular weight is 366 g/mol. The maximum Gasteiger partial charge on any atom is 0.417 e. The van der Waals surface area contributed by atoms with Crippen molar-refractivity contribution in [1.82, 2.24) is 15.3 Å². The summed E-state index contributed by atoms with van der Waals surface area (Å²) in [7, 11) is 0. The Balaban J connectivity index is 2.06. The number of nitriles is 1. The van der Waals surface area contributed by atoms with Crippen molar-refractivity contribution in [3.8, 4) is 6.07 Å². The first-order valence-electron chi connectivity index (χ1n) is 7.08. The number of carbonyl (C=O) groups excluding carboxylic acids is 1. The number of pyridine rings is 2. The zero-order valence-electron chi connectivity index (χ0n) is 13.1. The van der Waals surface area contributed by atoms with Gasteiger partial charge in [-0.1, -0.05) is 17.8 Å². The Bertz CT molecular complexity index is 804. The first kappa shape index (κ1) is 18.7. The van der Waals surface area contributed by atoms with Gasteiger partial charge in [-0.2, -0.15) is 18.4 Å². The van der Waals surface area contributed by atoms with Crippen LogP contribution >= 0.6 is 11.8 Å². The zero-order valence-corrected chi connectivity index (χ0v) is 13.9. The minimum Gasteiger partial charge on any atom is -0.351 e. The van der Waals surface area contributed by atoms with Gasteiger partial charge in [0.25, 0.3) is 0 Å². The summed E-state index contributed by atoms with van der Waals surface area (Å²) in [6.07, 6.45) is -1.46. The molecule has 0 aliphatic heterocycles. The summed E-state index contributed by atoms with van der Waals surface area (Å²) in [6, 6.07) is 5.87. The lowest BCUT2D eigenvalue weighted by molar-refractivity contribution is -0.138. The number of halogens is 3. The number of thioether (sulfide) groups is 1. The number of nitrogens with zero attached hydrogens (tertiary/aromatic N) is 3. The van der Waals surface area contributed by atoms with Gasteiger partial charge in [0.2, 0.25) is 5.91 Å². The van der Waals surface area contributed by atoms with E-state index in [0.717, 1.165) is 23.4 Å². The van der Waals surface area contributed by atoms with Crippen LogP contribution in [0.1, 0.15) is 22.4 Å². The minimum atomic E-state index is -4.66. The molecule has 0 fully saturated rings. The molecule has 0 unspecified atom stereocenters.